The summed E-state index contributed by atoms with van der Waals surface area (Å²) in [6, 6.07) is 11.3. The second kappa shape index (κ2) is 9.04. The molecule has 0 saturated carbocycles. The molecule has 168 valence electrons. The van der Waals surface area contributed by atoms with Gasteiger partial charge in [0.25, 0.3) is 0 Å². The van der Waals surface area contributed by atoms with Crippen molar-refractivity contribution in [3.8, 4) is 5.75 Å². The summed E-state index contributed by atoms with van der Waals surface area (Å²) in [5, 5.41) is 13.5. The molecule has 0 spiro atoms. The van der Waals surface area contributed by atoms with Gasteiger partial charge in [0.15, 0.2) is 0 Å². The van der Waals surface area contributed by atoms with E-state index in [9.17, 15) is 14.7 Å². The number of carboxylic acid groups (broad SMARTS) is 1. The van der Waals surface area contributed by atoms with Crippen LogP contribution in [0.15, 0.2) is 42.6 Å². The summed E-state index contributed by atoms with van der Waals surface area (Å²) >= 11 is 0. The number of benzene rings is 2. The minimum Gasteiger partial charge on any atom is -0.496 e. The van der Waals surface area contributed by atoms with Crippen LogP contribution in [0, 0.1) is 6.92 Å². The average Bonchev–Trinajstić information content (AvgIpc) is 3.27. The predicted octanol–water partition coefficient (Wildman–Crippen LogP) is 4.02. The molecular weight excluding hydrogens is 406 g/mol. The van der Waals surface area contributed by atoms with Crippen molar-refractivity contribution < 1.29 is 19.4 Å². The number of aromatic amines is 1. The van der Waals surface area contributed by atoms with Gasteiger partial charge >= 0.3 is 5.97 Å². The summed E-state index contributed by atoms with van der Waals surface area (Å²) in [4.78, 5) is 28.7. The zero-order valence-corrected chi connectivity index (χ0v) is 18.6. The largest absolute Gasteiger partial charge is 0.496 e. The number of carbonyl (C=O) groups is 2. The summed E-state index contributed by atoms with van der Waals surface area (Å²) in [6.07, 6.45) is 3.57. The van der Waals surface area contributed by atoms with E-state index in [0.29, 0.717) is 6.54 Å². The summed E-state index contributed by atoms with van der Waals surface area (Å²) in [5.41, 5.74) is 4.68. The lowest BCUT2D eigenvalue weighted by atomic mass is 9.90. The molecule has 1 saturated heterocycles. The molecule has 1 aromatic heterocycles. The number of carboxylic acids is 1. The zero-order valence-electron chi connectivity index (χ0n) is 18.6. The zero-order chi connectivity index (χ0) is 22.8. The lowest BCUT2D eigenvalue weighted by Crippen LogP contribution is -2.45. The number of fused-ring (bicyclic) bond motifs is 1. The molecule has 3 N–H and O–H groups in total. The quantitative estimate of drug-likeness (QED) is 0.544. The normalized spacial score (nSPS) is 19.1. The van der Waals surface area contributed by atoms with E-state index in [0.717, 1.165) is 52.7 Å². The van der Waals surface area contributed by atoms with Crippen LogP contribution in [0.4, 0.5) is 0 Å². The molecule has 1 fully saturated rings. The molecular formula is C25H29N3O4. The lowest BCUT2D eigenvalue weighted by Gasteiger charge is -2.40. The first kappa shape index (κ1) is 21.9. The maximum atomic E-state index is 11.7. The smallest absolute Gasteiger partial charge is 0.335 e. The van der Waals surface area contributed by atoms with Gasteiger partial charge < -0.3 is 20.1 Å². The van der Waals surface area contributed by atoms with Crippen molar-refractivity contribution in [1.82, 2.24) is 15.2 Å². The number of methoxy groups -OCH3 is 1. The fourth-order valence-corrected chi connectivity index (χ4v) is 4.80. The molecule has 7 heteroatoms. The van der Waals surface area contributed by atoms with Gasteiger partial charge in [0, 0.05) is 54.8 Å². The molecule has 3 aromatic rings. The van der Waals surface area contributed by atoms with E-state index in [2.05, 4.69) is 34.3 Å². The molecule has 2 heterocycles. The van der Waals surface area contributed by atoms with Gasteiger partial charge in [-0.15, -0.1) is 0 Å². The number of nitrogens with one attached hydrogen (secondary N) is 2. The van der Waals surface area contributed by atoms with Crippen molar-refractivity contribution in [3.63, 3.8) is 0 Å². The van der Waals surface area contributed by atoms with Crippen LogP contribution in [0.5, 0.6) is 5.75 Å². The highest BCUT2D eigenvalue weighted by atomic mass is 16.5. The van der Waals surface area contributed by atoms with Gasteiger partial charge in [0.1, 0.15) is 5.75 Å². The van der Waals surface area contributed by atoms with Crippen LogP contribution in [-0.2, 0) is 11.3 Å². The summed E-state index contributed by atoms with van der Waals surface area (Å²) in [7, 11) is 1.70. The van der Waals surface area contributed by atoms with Gasteiger partial charge in [0.2, 0.25) is 5.91 Å². The Morgan fingerprint density at radius 3 is 2.66 bits per heavy atom. The van der Waals surface area contributed by atoms with E-state index >= 15 is 0 Å². The van der Waals surface area contributed by atoms with Crippen LogP contribution in [0.1, 0.15) is 52.9 Å². The van der Waals surface area contributed by atoms with Gasteiger partial charge in [-0.05, 0) is 55.2 Å². The molecule has 1 amide bonds. The Balaban J connectivity index is 1.69. The summed E-state index contributed by atoms with van der Waals surface area (Å²) in [6.45, 7) is 5.11. The molecule has 2 aromatic carbocycles. The standard InChI is InChI=1S/C25H29N3O4/c1-15-12-23(32-3)21(20-8-10-26-24(15)20)14-28-11-9-19(27-16(2)29)13-22(28)17-4-6-18(7-5-17)25(30)31/h4-8,10,12,19,22,26H,9,11,13-14H2,1-3H3,(H,27,29)(H,30,31). The molecule has 0 radical (unpaired) electrons. The number of likely N-dealkylation sites (tertiary alicyclic amines) is 1. The SMILES string of the molecule is COc1cc(C)c2[nH]ccc2c1CN1CCC(NC(C)=O)CC1c1ccc(C(=O)O)cc1. The molecule has 4 rings (SSSR count). The van der Waals surface area contributed by atoms with Gasteiger partial charge in [-0.25, -0.2) is 4.79 Å². The number of aromatic carboxylic acids is 1. The molecule has 2 unspecified atom stereocenters. The average molecular weight is 436 g/mol. The summed E-state index contributed by atoms with van der Waals surface area (Å²) in [5.74, 6) is -0.108. The number of piperidine rings is 1. The maximum Gasteiger partial charge on any atom is 0.335 e. The highest BCUT2D eigenvalue weighted by Crippen LogP contribution is 2.37. The Kier molecular flexibility index (Phi) is 6.19. The highest BCUT2D eigenvalue weighted by Gasteiger charge is 2.31. The second-order valence-corrected chi connectivity index (χ2v) is 8.48. The number of rotatable bonds is 6. The first-order valence-electron chi connectivity index (χ1n) is 10.8. The minimum absolute atomic E-state index is 0.0299. The Hall–Kier alpha value is -3.32. The van der Waals surface area contributed by atoms with Crippen LogP contribution >= 0.6 is 0 Å². The third-order valence-electron chi connectivity index (χ3n) is 6.36. The first-order chi connectivity index (χ1) is 15.4. The Bertz CT molecular complexity index is 1140. The van der Waals surface area contributed by atoms with Crippen molar-refractivity contribution in [2.45, 2.75) is 45.3 Å². The third kappa shape index (κ3) is 4.34. The molecule has 32 heavy (non-hydrogen) atoms. The van der Waals surface area contributed by atoms with Crippen LogP contribution < -0.4 is 10.1 Å². The lowest BCUT2D eigenvalue weighted by molar-refractivity contribution is -0.120. The number of hydrogen-bond acceptors (Lipinski definition) is 4. The first-order valence-corrected chi connectivity index (χ1v) is 10.8. The van der Waals surface area contributed by atoms with Gasteiger partial charge in [-0.3, -0.25) is 9.69 Å². The Labute approximate surface area is 187 Å². The second-order valence-electron chi connectivity index (χ2n) is 8.48. The molecule has 0 bridgehead atoms. The van der Waals surface area contributed by atoms with Gasteiger partial charge in [-0.2, -0.15) is 0 Å². The summed E-state index contributed by atoms with van der Waals surface area (Å²) < 4.78 is 5.74. The van der Waals surface area contributed by atoms with Crippen LogP contribution in [0.2, 0.25) is 0 Å². The molecule has 1 aliphatic rings. The van der Waals surface area contributed by atoms with E-state index in [4.69, 9.17) is 4.74 Å². The van der Waals surface area contributed by atoms with E-state index in [1.54, 1.807) is 26.2 Å². The van der Waals surface area contributed by atoms with Crippen molar-refractivity contribution in [2.24, 2.45) is 0 Å². The number of amides is 1. The Morgan fingerprint density at radius 1 is 1.25 bits per heavy atom. The topological polar surface area (TPSA) is 94.7 Å². The van der Waals surface area contributed by atoms with Crippen molar-refractivity contribution in [3.05, 3.63) is 64.8 Å². The number of aryl methyl sites for hydroxylation is 1. The van der Waals surface area contributed by atoms with Crippen LogP contribution in [-0.4, -0.2) is 46.6 Å². The fourth-order valence-electron chi connectivity index (χ4n) is 4.80. The fraction of sp³-hybridized carbons (Fsp3) is 0.360. The van der Waals surface area contributed by atoms with Gasteiger partial charge in [0.05, 0.1) is 12.7 Å². The van der Waals surface area contributed by atoms with E-state index < -0.39 is 5.97 Å². The van der Waals surface area contributed by atoms with Crippen LogP contribution in [0.25, 0.3) is 10.9 Å². The van der Waals surface area contributed by atoms with Crippen LogP contribution in [0.3, 0.4) is 0 Å². The number of hydrogen-bond donors (Lipinski definition) is 3. The highest BCUT2D eigenvalue weighted by molar-refractivity contribution is 5.88. The van der Waals surface area contributed by atoms with E-state index in [-0.39, 0.29) is 23.6 Å². The van der Waals surface area contributed by atoms with E-state index in [1.165, 1.54) is 0 Å². The number of aromatic nitrogens is 1. The van der Waals surface area contributed by atoms with Crippen molar-refractivity contribution >= 4 is 22.8 Å². The Morgan fingerprint density at radius 2 is 2.00 bits per heavy atom. The molecule has 1 aliphatic heterocycles. The molecule has 2 atom stereocenters. The predicted molar refractivity (Wildman–Crippen MR) is 123 cm³/mol. The monoisotopic (exact) mass is 435 g/mol. The molecule has 7 nitrogen and oxygen atoms in total. The van der Waals surface area contributed by atoms with E-state index in [1.807, 2.05) is 18.3 Å². The number of ether oxygens (including phenoxy) is 1. The number of H-pyrrole nitrogens is 1. The van der Waals surface area contributed by atoms with Crippen molar-refractivity contribution in [2.75, 3.05) is 13.7 Å². The minimum atomic E-state index is -0.938. The number of nitrogens with zero attached hydrogens (tertiary/aromatic N) is 1. The van der Waals surface area contributed by atoms with Crippen molar-refractivity contribution in [1.29, 1.82) is 0 Å². The van der Waals surface area contributed by atoms with Gasteiger partial charge in [-0.1, -0.05) is 12.1 Å². The molecule has 0 aliphatic carbocycles. The maximum absolute atomic E-state index is 11.7. The third-order valence-corrected chi connectivity index (χ3v) is 6.36. The number of carbonyl (C=O) groups excluding carboxylic acids is 1.